The van der Waals surface area contributed by atoms with Crippen LogP contribution in [0.5, 0.6) is 0 Å². The molecule has 0 spiro atoms. The van der Waals surface area contributed by atoms with Crippen molar-refractivity contribution >= 4 is 0 Å². The molecule has 0 saturated carbocycles. The lowest BCUT2D eigenvalue weighted by Crippen LogP contribution is -2.55. The summed E-state index contributed by atoms with van der Waals surface area (Å²) in [5.41, 5.74) is 6.42. The molecule has 0 aromatic heterocycles. The van der Waals surface area contributed by atoms with Gasteiger partial charge in [0.1, 0.15) is 0 Å². The van der Waals surface area contributed by atoms with Crippen molar-refractivity contribution in [2.24, 2.45) is 17.6 Å². The van der Waals surface area contributed by atoms with E-state index in [0.29, 0.717) is 11.8 Å². The van der Waals surface area contributed by atoms with Crippen LogP contribution in [0.15, 0.2) is 0 Å². The fourth-order valence-electron chi connectivity index (χ4n) is 3.77. The first-order valence-corrected chi connectivity index (χ1v) is 8.53. The van der Waals surface area contributed by atoms with E-state index < -0.39 is 0 Å². The topological polar surface area (TPSA) is 32.5 Å². The molecule has 0 atom stereocenters. The van der Waals surface area contributed by atoms with Gasteiger partial charge in [-0.15, -0.1) is 0 Å². The van der Waals surface area contributed by atoms with Gasteiger partial charge in [-0.3, -0.25) is 4.90 Å². The van der Waals surface area contributed by atoms with Crippen molar-refractivity contribution in [2.45, 2.75) is 58.9 Å². The Balaban J connectivity index is 2.62. The molecule has 1 aliphatic heterocycles. The van der Waals surface area contributed by atoms with Crippen LogP contribution in [0.3, 0.4) is 0 Å². The van der Waals surface area contributed by atoms with E-state index in [1.165, 1.54) is 45.3 Å². The Morgan fingerprint density at radius 1 is 1.05 bits per heavy atom. The van der Waals surface area contributed by atoms with Gasteiger partial charge in [0.25, 0.3) is 0 Å². The SMILES string of the molecule is CC(C)CC(CN)(CC(C)C)N(C)CCN1CCCC1. The molecule has 120 valence electrons. The molecule has 0 aromatic rings. The second kappa shape index (κ2) is 8.35. The summed E-state index contributed by atoms with van der Waals surface area (Å²) in [5.74, 6) is 1.40. The highest BCUT2D eigenvalue weighted by Gasteiger charge is 2.34. The van der Waals surface area contributed by atoms with Crippen LogP contribution in [-0.2, 0) is 0 Å². The van der Waals surface area contributed by atoms with E-state index in [2.05, 4.69) is 44.5 Å². The lowest BCUT2D eigenvalue weighted by Gasteiger charge is -2.44. The summed E-state index contributed by atoms with van der Waals surface area (Å²) in [7, 11) is 2.29. The molecule has 3 heteroatoms. The van der Waals surface area contributed by atoms with Crippen LogP contribution in [0.1, 0.15) is 53.4 Å². The molecule has 0 amide bonds. The molecule has 1 fully saturated rings. The average molecular weight is 284 g/mol. The molecule has 1 aliphatic rings. The zero-order valence-corrected chi connectivity index (χ0v) is 14.5. The van der Waals surface area contributed by atoms with E-state index in [-0.39, 0.29) is 5.54 Å². The van der Waals surface area contributed by atoms with Gasteiger partial charge in [-0.2, -0.15) is 0 Å². The predicted molar refractivity (Wildman–Crippen MR) is 89.0 cm³/mol. The van der Waals surface area contributed by atoms with Gasteiger partial charge in [0.2, 0.25) is 0 Å². The molecule has 1 saturated heterocycles. The zero-order chi connectivity index (χ0) is 15.2. The number of nitrogens with two attached hydrogens (primary N) is 1. The van der Waals surface area contributed by atoms with Gasteiger partial charge in [0, 0.05) is 25.2 Å². The zero-order valence-electron chi connectivity index (χ0n) is 14.5. The van der Waals surface area contributed by atoms with Crippen molar-refractivity contribution in [3.8, 4) is 0 Å². The van der Waals surface area contributed by atoms with Gasteiger partial charge in [-0.05, 0) is 57.7 Å². The lowest BCUT2D eigenvalue weighted by atomic mass is 9.80. The average Bonchev–Trinajstić information content (AvgIpc) is 2.86. The second-order valence-electron chi connectivity index (χ2n) is 7.59. The normalized spacial score (nSPS) is 17.9. The van der Waals surface area contributed by atoms with Crippen LogP contribution in [-0.4, -0.2) is 55.1 Å². The Kier molecular flexibility index (Phi) is 7.49. The third-order valence-corrected chi connectivity index (χ3v) is 4.72. The molecule has 0 radical (unpaired) electrons. The van der Waals surface area contributed by atoms with E-state index in [9.17, 15) is 0 Å². The summed E-state index contributed by atoms with van der Waals surface area (Å²) in [6, 6.07) is 0. The van der Waals surface area contributed by atoms with Crippen LogP contribution in [0.2, 0.25) is 0 Å². The van der Waals surface area contributed by atoms with Crippen molar-refractivity contribution in [2.75, 3.05) is 39.8 Å². The fraction of sp³-hybridized carbons (Fsp3) is 1.00. The van der Waals surface area contributed by atoms with Crippen molar-refractivity contribution in [1.82, 2.24) is 9.80 Å². The quantitative estimate of drug-likeness (QED) is 0.706. The number of nitrogens with zero attached hydrogens (tertiary/aromatic N) is 2. The molecular weight excluding hydrogens is 246 g/mol. The highest BCUT2D eigenvalue weighted by Crippen LogP contribution is 2.29. The van der Waals surface area contributed by atoms with Gasteiger partial charge < -0.3 is 10.6 Å². The van der Waals surface area contributed by atoms with Gasteiger partial charge >= 0.3 is 0 Å². The summed E-state index contributed by atoms with van der Waals surface area (Å²) < 4.78 is 0. The first-order valence-electron chi connectivity index (χ1n) is 8.53. The maximum Gasteiger partial charge on any atom is 0.0334 e. The molecule has 0 aliphatic carbocycles. The van der Waals surface area contributed by atoms with Gasteiger partial charge in [-0.1, -0.05) is 27.7 Å². The minimum Gasteiger partial charge on any atom is -0.329 e. The maximum atomic E-state index is 6.23. The summed E-state index contributed by atoms with van der Waals surface area (Å²) in [6.45, 7) is 15.0. The standard InChI is InChI=1S/C17H37N3/c1-15(2)12-17(14-18,13-16(3)4)19(5)10-11-20-8-6-7-9-20/h15-16H,6-14,18H2,1-5H3. The Morgan fingerprint density at radius 2 is 1.55 bits per heavy atom. The smallest absolute Gasteiger partial charge is 0.0334 e. The van der Waals surface area contributed by atoms with Crippen LogP contribution in [0.4, 0.5) is 0 Å². The summed E-state index contributed by atoms with van der Waals surface area (Å²) in [4.78, 5) is 5.16. The van der Waals surface area contributed by atoms with Crippen LogP contribution >= 0.6 is 0 Å². The van der Waals surface area contributed by atoms with Gasteiger partial charge in [-0.25, -0.2) is 0 Å². The van der Waals surface area contributed by atoms with E-state index in [1.54, 1.807) is 0 Å². The van der Waals surface area contributed by atoms with Crippen LogP contribution < -0.4 is 5.73 Å². The number of likely N-dealkylation sites (N-methyl/N-ethyl adjacent to an activating group) is 1. The van der Waals surface area contributed by atoms with Crippen molar-refractivity contribution in [3.63, 3.8) is 0 Å². The van der Waals surface area contributed by atoms with E-state index >= 15 is 0 Å². The molecular formula is C17H37N3. The Labute approximate surface area is 126 Å². The van der Waals surface area contributed by atoms with Crippen LogP contribution in [0.25, 0.3) is 0 Å². The van der Waals surface area contributed by atoms with Crippen molar-refractivity contribution in [1.29, 1.82) is 0 Å². The minimum atomic E-state index is 0.183. The maximum absolute atomic E-state index is 6.23. The van der Waals surface area contributed by atoms with Gasteiger partial charge in [0.15, 0.2) is 0 Å². The minimum absolute atomic E-state index is 0.183. The molecule has 3 nitrogen and oxygen atoms in total. The predicted octanol–water partition coefficient (Wildman–Crippen LogP) is 2.80. The summed E-state index contributed by atoms with van der Waals surface area (Å²) in [5, 5.41) is 0. The highest BCUT2D eigenvalue weighted by atomic mass is 15.2. The van der Waals surface area contributed by atoms with E-state index in [0.717, 1.165) is 13.1 Å². The molecule has 0 unspecified atom stereocenters. The highest BCUT2D eigenvalue weighted by molar-refractivity contribution is 4.92. The first-order chi connectivity index (χ1) is 9.39. The summed E-state index contributed by atoms with van der Waals surface area (Å²) >= 11 is 0. The number of hydrogen-bond donors (Lipinski definition) is 1. The molecule has 20 heavy (non-hydrogen) atoms. The first kappa shape index (κ1) is 17.9. The van der Waals surface area contributed by atoms with Crippen molar-refractivity contribution in [3.05, 3.63) is 0 Å². The molecule has 0 aromatic carbocycles. The third-order valence-electron chi connectivity index (χ3n) is 4.72. The monoisotopic (exact) mass is 283 g/mol. The molecule has 1 heterocycles. The molecule has 0 bridgehead atoms. The second-order valence-corrected chi connectivity index (χ2v) is 7.59. The number of hydrogen-bond acceptors (Lipinski definition) is 3. The molecule has 2 N–H and O–H groups in total. The van der Waals surface area contributed by atoms with E-state index in [1.807, 2.05) is 0 Å². The lowest BCUT2D eigenvalue weighted by molar-refractivity contribution is 0.0699. The Hall–Kier alpha value is -0.120. The van der Waals surface area contributed by atoms with Crippen molar-refractivity contribution < 1.29 is 0 Å². The number of likely N-dealkylation sites (tertiary alicyclic amines) is 1. The van der Waals surface area contributed by atoms with Crippen LogP contribution in [0, 0.1) is 11.8 Å². The Bertz CT molecular complexity index is 247. The largest absolute Gasteiger partial charge is 0.329 e. The van der Waals surface area contributed by atoms with E-state index in [4.69, 9.17) is 5.73 Å². The van der Waals surface area contributed by atoms with Gasteiger partial charge in [0.05, 0.1) is 0 Å². The third kappa shape index (κ3) is 5.34. The number of rotatable bonds is 9. The molecule has 1 rings (SSSR count). The fourth-order valence-corrected chi connectivity index (χ4v) is 3.77. The summed E-state index contributed by atoms with van der Waals surface area (Å²) in [6.07, 6.45) is 5.17. The Morgan fingerprint density at radius 3 is 1.95 bits per heavy atom.